The Balaban J connectivity index is 1.19. The summed E-state index contributed by atoms with van der Waals surface area (Å²) >= 11 is 0. The van der Waals surface area contributed by atoms with Gasteiger partial charge in [0.2, 0.25) is 0 Å². The molecular formula is C42H50F6N2O6. The molecule has 1 saturated heterocycles. The number of esters is 1. The second kappa shape index (κ2) is 16.6. The van der Waals surface area contributed by atoms with Crippen molar-refractivity contribution in [2.75, 3.05) is 32.8 Å². The molecule has 0 bridgehead atoms. The van der Waals surface area contributed by atoms with E-state index < -0.39 is 47.2 Å². The van der Waals surface area contributed by atoms with Gasteiger partial charge in [0.1, 0.15) is 23.7 Å². The zero-order valence-electron chi connectivity index (χ0n) is 32.7. The highest BCUT2D eigenvalue weighted by Gasteiger charge is 2.60. The van der Waals surface area contributed by atoms with Crippen molar-refractivity contribution in [3.05, 3.63) is 94.5 Å². The maximum absolute atomic E-state index is 13.8. The van der Waals surface area contributed by atoms with E-state index >= 15 is 0 Å². The summed E-state index contributed by atoms with van der Waals surface area (Å²) in [5, 5.41) is 0. The molecule has 56 heavy (non-hydrogen) atoms. The molecule has 306 valence electrons. The minimum Gasteiger partial charge on any atom is -0.492 e. The summed E-state index contributed by atoms with van der Waals surface area (Å²) in [6.45, 7) is 14.4. The molecule has 0 spiro atoms. The minimum absolute atomic E-state index is 0.0328. The predicted molar refractivity (Wildman–Crippen MR) is 197 cm³/mol. The zero-order valence-corrected chi connectivity index (χ0v) is 32.7. The average molecular weight is 793 g/mol. The Hall–Kier alpha value is -4.46. The normalized spacial score (nSPS) is 19.2. The van der Waals surface area contributed by atoms with Gasteiger partial charge in [-0.25, -0.2) is 9.59 Å². The fourth-order valence-corrected chi connectivity index (χ4v) is 7.06. The molecule has 0 aromatic heterocycles. The topological polar surface area (TPSA) is 77.5 Å². The van der Waals surface area contributed by atoms with Crippen LogP contribution < -0.4 is 9.47 Å². The minimum atomic E-state index is -4.95. The number of rotatable bonds is 13. The first-order chi connectivity index (χ1) is 26.0. The van der Waals surface area contributed by atoms with Crippen molar-refractivity contribution in [1.29, 1.82) is 0 Å². The van der Waals surface area contributed by atoms with Gasteiger partial charge in [0.15, 0.2) is 6.10 Å². The first-order valence-corrected chi connectivity index (χ1v) is 18.7. The molecule has 0 radical (unpaired) electrons. The number of ether oxygens (including phenoxy) is 4. The molecule has 1 heterocycles. The van der Waals surface area contributed by atoms with E-state index in [1.807, 2.05) is 36.4 Å². The fraction of sp³-hybridized carbons (Fsp3) is 0.524. The van der Waals surface area contributed by atoms with E-state index in [-0.39, 0.29) is 67.6 Å². The monoisotopic (exact) mass is 792 g/mol. The van der Waals surface area contributed by atoms with E-state index in [4.69, 9.17) is 18.9 Å². The Bertz CT molecular complexity index is 1800. The van der Waals surface area contributed by atoms with Crippen molar-refractivity contribution >= 4 is 12.1 Å². The van der Waals surface area contributed by atoms with Gasteiger partial charge in [0, 0.05) is 32.1 Å². The van der Waals surface area contributed by atoms with Gasteiger partial charge in [-0.2, -0.15) is 26.3 Å². The van der Waals surface area contributed by atoms with Gasteiger partial charge in [-0.05, 0) is 98.0 Å². The van der Waals surface area contributed by atoms with Crippen LogP contribution in [0.1, 0.15) is 76.3 Å². The third-order valence-corrected chi connectivity index (χ3v) is 9.84. The predicted octanol–water partition coefficient (Wildman–Crippen LogP) is 9.32. The number of benzene rings is 3. The van der Waals surface area contributed by atoms with Crippen LogP contribution in [-0.4, -0.2) is 72.5 Å². The van der Waals surface area contributed by atoms with Crippen LogP contribution in [0, 0.1) is 11.8 Å². The van der Waals surface area contributed by atoms with Crippen LogP contribution in [0.3, 0.4) is 0 Å². The van der Waals surface area contributed by atoms with E-state index in [9.17, 15) is 35.9 Å². The lowest BCUT2D eigenvalue weighted by Crippen LogP contribution is -2.43. The number of piperidine rings is 1. The molecule has 1 saturated carbocycles. The fourth-order valence-electron chi connectivity index (χ4n) is 7.06. The standard InChI is InChI=1S/C42H50F6N2O6/c1-8-53-37(51)35(55-31-17-13-28(14-18-31)39(2,3)4)21-26-9-15-30(16-10-26)54-20-19-50(38(52)56-40(5,6)7)36-32-24-49(25-33(32)36)23-27-11-12-29(41(43,44)45)22-34(27)42(46,47)48/h9-18,22,32-33,35-36H,8,19-21,23-25H2,1-7H3/t32-,33+,35-,36?/m0/s1. The summed E-state index contributed by atoms with van der Waals surface area (Å²) in [4.78, 5) is 29.6. The first kappa shape index (κ1) is 42.7. The number of hydrogen-bond acceptors (Lipinski definition) is 7. The molecule has 14 heteroatoms. The molecule has 1 amide bonds. The van der Waals surface area contributed by atoms with Crippen LogP contribution in [0.5, 0.6) is 11.5 Å². The van der Waals surface area contributed by atoms with Crippen LogP contribution >= 0.6 is 0 Å². The van der Waals surface area contributed by atoms with E-state index in [1.165, 1.54) is 0 Å². The van der Waals surface area contributed by atoms with Gasteiger partial charge >= 0.3 is 24.4 Å². The highest BCUT2D eigenvalue weighted by atomic mass is 19.4. The molecule has 1 unspecified atom stereocenters. The van der Waals surface area contributed by atoms with Gasteiger partial charge in [0.25, 0.3) is 0 Å². The van der Waals surface area contributed by atoms with E-state index in [1.54, 1.807) is 49.6 Å². The summed E-state index contributed by atoms with van der Waals surface area (Å²) in [5.74, 6) is 0.512. The number of nitrogens with zero attached hydrogens (tertiary/aromatic N) is 2. The van der Waals surface area contributed by atoms with E-state index in [0.717, 1.165) is 17.2 Å². The molecule has 4 atom stereocenters. The van der Waals surface area contributed by atoms with Crippen molar-refractivity contribution in [3.8, 4) is 11.5 Å². The number of hydrogen-bond donors (Lipinski definition) is 0. The van der Waals surface area contributed by atoms with Gasteiger partial charge < -0.3 is 23.8 Å². The van der Waals surface area contributed by atoms with Gasteiger partial charge in [-0.1, -0.05) is 51.1 Å². The third kappa shape index (κ3) is 11.1. The second-order valence-corrected chi connectivity index (χ2v) is 16.4. The maximum Gasteiger partial charge on any atom is 0.416 e. The Morgan fingerprint density at radius 3 is 1.93 bits per heavy atom. The third-order valence-electron chi connectivity index (χ3n) is 9.84. The molecule has 1 aliphatic heterocycles. The van der Waals surface area contributed by atoms with Crippen LogP contribution in [0.2, 0.25) is 0 Å². The maximum atomic E-state index is 13.8. The van der Waals surface area contributed by atoms with Crippen LogP contribution in [-0.2, 0) is 45.0 Å². The summed E-state index contributed by atoms with van der Waals surface area (Å²) in [6.07, 6.45) is -11.0. The Kier molecular flexibility index (Phi) is 12.6. The largest absolute Gasteiger partial charge is 0.492 e. The Morgan fingerprint density at radius 1 is 0.804 bits per heavy atom. The van der Waals surface area contributed by atoms with Crippen molar-refractivity contribution in [2.24, 2.45) is 11.8 Å². The SMILES string of the molecule is CCOC(=O)[C@H](Cc1ccc(OCCN(C(=O)OC(C)(C)C)C2[C@H]3CN(Cc4ccc(C(F)(F)F)cc4C(F)(F)F)C[C@@H]23)cc1)Oc1ccc(C(C)(C)C)cc1. The lowest BCUT2D eigenvalue weighted by atomic mass is 9.87. The van der Waals surface area contributed by atoms with E-state index in [0.29, 0.717) is 30.7 Å². The van der Waals surface area contributed by atoms with Crippen LogP contribution in [0.25, 0.3) is 0 Å². The molecule has 8 nitrogen and oxygen atoms in total. The molecule has 5 rings (SSSR count). The summed E-state index contributed by atoms with van der Waals surface area (Å²) in [5.41, 5.74) is -1.76. The number of alkyl halides is 6. The highest BCUT2D eigenvalue weighted by molar-refractivity contribution is 5.75. The lowest BCUT2D eigenvalue weighted by Gasteiger charge is -2.30. The molecule has 2 fully saturated rings. The van der Waals surface area contributed by atoms with Gasteiger partial charge in [-0.3, -0.25) is 4.90 Å². The number of carbonyl (C=O) groups is 2. The summed E-state index contributed by atoms with van der Waals surface area (Å²) < 4.78 is 104. The highest BCUT2D eigenvalue weighted by Crippen LogP contribution is 2.50. The number of carbonyl (C=O) groups excluding carboxylic acids is 2. The molecule has 3 aromatic rings. The van der Waals surface area contributed by atoms with Crippen molar-refractivity contribution in [3.63, 3.8) is 0 Å². The average Bonchev–Trinajstić information content (AvgIpc) is 3.56. The number of likely N-dealkylation sites (tertiary alicyclic amines) is 1. The summed E-state index contributed by atoms with van der Waals surface area (Å²) in [7, 11) is 0. The summed E-state index contributed by atoms with van der Waals surface area (Å²) in [6, 6.07) is 16.3. The van der Waals surface area contributed by atoms with Crippen LogP contribution in [0.15, 0.2) is 66.7 Å². The Morgan fingerprint density at radius 2 is 1.39 bits per heavy atom. The zero-order chi connectivity index (χ0) is 41.2. The smallest absolute Gasteiger partial charge is 0.416 e. The van der Waals surface area contributed by atoms with Gasteiger partial charge in [-0.15, -0.1) is 0 Å². The molecule has 1 aliphatic carbocycles. The second-order valence-electron chi connectivity index (χ2n) is 16.4. The number of amides is 1. The van der Waals surface area contributed by atoms with E-state index in [2.05, 4.69) is 20.8 Å². The molecule has 3 aromatic carbocycles. The lowest BCUT2D eigenvalue weighted by molar-refractivity contribution is -0.151. The number of fused-ring (bicyclic) bond motifs is 1. The molecule has 2 aliphatic rings. The number of halogens is 6. The molecule has 0 N–H and O–H groups in total. The van der Waals surface area contributed by atoms with Crippen molar-refractivity contribution in [1.82, 2.24) is 9.80 Å². The van der Waals surface area contributed by atoms with Crippen molar-refractivity contribution in [2.45, 2.75) is 96.9 Å². The van der Waals surface area contributed by atoms with Crippen molar-refractivity contribution < 1.29 is 54.9 Å². The molecular weight excluding hydrogens is 742 g/mol. The first-order valence-electron chi connectivity index (χ1n) is 18.7. The van der Waals surface area contributed by atoms with Gasteiger partial charge in [0.05, 0.1) is 24.3 Å². The Labute approximate surface area is 324 Å². The van der Waals surface area contributed by atoms with Crippen LogP contribution in [0.4, 0.5) is 31.1 Å². The quantitative estimate of drug-likeness (QED) is 0.126.